The lowest BCUT2D eigenvalue weighted by molar-refractivity contribution is 0.458. The Balaban J connectivity index is 1.52. The fourth-order valence-electron chi connectivity index (χ4n) is 3.75. The average molecular weight is 371 g/mol. The molecular weight excluding hydrogens is 344 g/mol. The van der Waals surface area contributed by atoms with Gasteiger partial charge in [-0.25, -0.2) is 0 Å². The maximum absolute atomic E-state index is 10.9. The molecule has 138 valence electrons. The van der Waals surface area contributed by atoms with Crippen LogP contribution in [0, 0.1) is 5.92 Å². The molecule has 1 atom stereocenters. The summed E-state index contributed by atoms with van der Waals surface area (Å²) in [6.07, 6.45) is 9.23. The van der Waals surface area contributed by atoms with Crippen molar-refractivity contribution in [2.45, 2.75) is 39.0 Å². The molecule has 0 saturated carbocycles. The molecule has 0 spiro atoms. The van der Waals surface area contributed by atoms with Crippen LogP contribution in [0.25, 0.3) is 17.2 Å². The lowest BCUT2D eigenvalue weighted by atomic mass is 10.0. The standard InChI is InChI=1S/C22H26O3S/c1-17(16-26(23,24)25)9-4-2-3-5-10-18-12-8-14-21-20-13-7-6-11-19(20)15-22(18)21/h5-8,10-14,17H,2-4,9,15-16H2,1H3,(H,23,24,25). The van der Waals surface area contributed by atoms with E-state index in [1.807, 2.05) is 6.92 Å². The zero-order valence-corrected chi connectivity index (χ0v) is 16.0. The van der Waals surface area contributed by atoms with Gasteiger partial charge in [0.15, 0.2) is 0 Å². The normalized spacial score (nSPS) is 14.4. The van der Waals surface area contributed by atoms with E-state index >= 15 is 0 Å². The summed E-state index contributed by atoms with van der Waals surface area (Å²) in [5.74, 6) is -0.135. The summed E-state index contributed by atoms with van der Waals surface area (Å²) < 4.78 is 30.6. The zero-order chi connectivity index (χ0) is 18.6. The fraction of sp³-hybridized carbons (Fsp3) is 0.364. The van der Waals surface area contributed by atoms with Gasteiger partial charge in [-0.15, -0.1) is 0 Å². The molecule has 26 heavy (non-hydrogen) atoms. The molecule has 0 aliphatic heterocycles. The predicted molar refractivity (Wildman–Crippen MR) is 108 cm³/mol. The smallest absolute Gasteiger partial charge is 0.265 e. The molecule has 2 aromatic rings. The van der Waals surface area contributed by atoms with Gasteiger partial charge in [-0.05, 0) is 59.4 Å². The van der Waals surface area contributed by atoms with Crippen LogP contribution < -0.4 is 0 Å². The molecular formula is C22H26O3S. The first kappa shape index (κ1) is 18.9. The molecule has 1 aliphatic carbocycles. The number of benzene rings is 2. The minimum Gasteiger partial charge on any atom is -0.286 e. The highest BCUT2D eigenvalue weighted by Gasteiger charge is 2.19. The van der Waals surface area contributed by atoms with Crippen molar-refractivity contribution >= 4 is 16.2 Å². The van der Waals surface area contributed by atoms with Crippen molar-refractivity contribution < 1.29 is 13.0 Å². The van der Waals surface area contributed by atoms with Gasteiger partial charge in [-0.2, -0.15) is 8.42 Å². The van der Waals surface area contributed by atoms with Crippen molar-refractivity contribution in [1.82, 2.24) is 0 Å². The molecule has 1 N–H and O–H groups in total. The van der Waals surface area contributed by atoms with Crippen LogP contribution in [-0.4, -0.2) is 18.7 Å². The van der Waals surface area contributed by atoms with Gasteiger partial charge in [0.25, 0.3) is 10.1 Å². The second-order valence-electron chi connectivity index (χ2n) is 7.25. The first-order chi connectivity index (χ1) is 12.4. The number of hydrogen-bond donors (Lipinski definition) is 1. The number of allylic oxidation sites excluding steroid dienone is 1. The van der Waals surface area contributed by atoms with E-state index in [0.29, 0.717) is 0 Å². The number of fused-ring (bicyclic) bond motifs is 3. The van der Waals surface area contributed by atoms with Gasteiger partial charge in [-0.3, -0.25) is 4.55 Å². The van der Waals surface area contributed by atoms with Crippen LogP contribution in [0.1, 0.15) is 49.3 Å². The summed E-state index contributed by atoms with van der Waals surface area (Å²) in [5.41, 5.74) is 6.80. The second-order valence-corrected chi connectivity index (χ2v) is 8.75. The van der Waals surface area contributed by atoms with E-state index in [-0.39, 0.29) is 11.7 Å². The highest BCUT2D eigenvalue weighted by Crippen LogP contribution is 2.38. The fourth-order valence-corrected chi connectivity index (χ4v) is 4.63. The van der Waals surface area contributed by atoms with Gasteiger partial charge in [0, 0.05) is 0 Å². The van der Waals surface area contributed by atoms with Crippen LogP contribution in [0.3, 0.4) is 0 Å². The largest absolute Gasteiger partial charge is 0.286 e. The molecule has 0 heterocycles. The third-order valence-electron chi connectivity index (χ3n) is 5.00. The van der Waals surface area contributed by atoms with E-state index in [9.17, 15) is 8.42 Å². The van der Waals surface area contributed by atoms with Gasteiger partial charge < -0.3 is 0 Å². The van der Waals surface area contributed by atoms with E-state index in [1.54, 1.807) is 0 Å². The van der Waals surface area contributed by atoms with E-state index in [4.69, 9.17) is 4.55 Å². The molecule has 2 aromatic carbocycles. The zero-order valence-electron chi connectivity index (χ0n) is 15.2. The lowest BCUT2D eigenvalue weighted by Gasteiger charge is -2.08. The second kappa shape index (κ2) is 8.19. The average Bonchev–Trinajstić information content (AvgIpc) is 2.96. The summed E-state index contributed by atoms with van der Waals surface area (Å²) in [5, 5.41) is 0. The van der Waals surface area contributed by atoms with Crippen LogP contribution in [0.15, 0.2) is 48.5 Å². The Morgan fingerprint density at radius 2 is 1.85 bits per heavy atom. The molecule has 3 rings (SSSR count). The molecule has 0 bridgehead atoms. The summed E-state index contributed by atoms with van der Waals surface area (Å²) in [7, 11) is -3.85. The Morgan fingerprint density at radius 3 is 2.65 bits per heavy atom. The SMILES string of the molecule is CC(CCCCC=Cc1cccc2c1Cc1ccccc1-2)CS(=O)(=O)O. The van der Waals surface area contributed by atoms with Crippen LogP contribution in [-0.2, 0) is 16.5 Å². The number of unbranched alkanes of at least 4 members (excludes halogenated alkanes) is 2. The van der Waals surface area contributed by atoms with Gasteiger partial charge in [0.2, 0.25) is 0 Å². The molecule has 0 fully saturated rings. The highest BCUT2D eigenvalue weighted by molar-refractivity contribution is 7.85. The Labute approximate surface area is 156 Å². The van der Waals surface area contributed by atoms with Crippen molar-refractivity contribution in [3.8, 4) is 11.1 Å². The minimum absolute atomic E-state index is 0.00452. The van der Waals surface area contributed by atoms with Crippen molar-refractivity contribution in [2.75, 3.05) is 5.75 Å². The first-order valence-corrected chi connectivity index (χ1v) is 10.9. The van der Waals surface area contributed by atoms with Crippen molar-refractivity contribution in [1.29, 1.82) is 0 Å². The van der Waals surface area contributed by atoms with Crippen LogP contribution in [0.4, 0.5) is 0 Å². The molecule has 0 amide bonds. The van der Waals surface area contributed by atoms with E-state index in [0.717, 1.165) is 32.1 Å². The topological polar surface area (TPSA) is 54.4 Å². The maximum Gasteiger partial charge on any atom is 0.265 e. The van der Waals surface area contributed by atoms with Gasteiger partial charge in [-0.1, -0.05) is 68.0 Å². The predicted octanol–water partition coefficient (Wildman–Crippen LogP) is 5.36. The Morgan fingerprint density at radius 1 is 1.08 bits per heavy atom. The summed E-state index contributed by atoms with van der Waals surface area (Å²) in [4.78, 5) is 0. The highest BCUT2D eigenvalue weighted by atomic mass is 32.2. The third-order valence-corrected chi connectivity index (χ3v) is 5.99. The van der Waals surface area contributed by atoms with Crippen LogP contribution in [0.2, 0.25) is 0 Å². The van der Waals surface area contributed by atoms with E-state index < -0.39 is 10.1 Å². The Hall–Kier alpha value is -1.91. The molecule has 1 unspecified atom stereocenters. The van der Waals surface area contributed by atoms with Crippen molar-refractivity contribution in [3.05, 3.63) is 65.2 Å². The maximum atomic E-state index is 10.9. The summed E-state index contributed by atoms with van der Waals surface area (Å²) >= 11 is 0. The quantitative estimate of drug-likeness (QED) is 0.429. The summed E-state index contributed by atoms with van der Waals surface area (Å²) in [6.45, 7) is 1.87. The van der Waals surface area contributed by atoms with Crippen molar-refractivity contribution in [3.63, 3.8) is 0 Å². The molecule has 0 aromatic heterocycles. The molecule has 4 heteroatoms. The minimum atomic E-state index is -3.85. The Bertz CT molecular complexity index is 897. The molecule has 0 radical (unpaired) electrons. The van der Waals surface area contributed by atoms with Crippen LogP contribution in [0.5, 0.6) is 0 Å². The van der Waals surface area contributed by atoms with Crippen LogP contribution >= 0.6 is 0 Å². The Kier molecular flexibility index (Phi) is 5.94. The van der Waals surface area contributed by atoms with E-state index in [2.05, 4.69) is 54.6 Å². The first-order valence-electron chi connectivity index (χ1n) is 9.26. The molecule has 3 nitrogen and oxygen atoms in total. The van der Waals surface area contributed by atoms with Gasteiger partial charge >= 0.3 is 0 Å². The third kappa shape index (κ3) is 4.83. The van der Waals surface area contributed by atoms with Gasteiger partial charge in [0.05, 0.1) is 5.75 Å². The number of hydrogen-bond acceptors (Lipinski definition) is 2. The van der Waals surface area contributed by atoms with Gasteiger partial charge in [0.1, 0.15) is 0 Å². The molecule has 1 aliphatic rings. The molecule has 0 saturated heterocycles. The monoisotopic (exact) mass is 370 g/mol. The van der Waals surface area contributed by atoms with Crippen molar-refractivity contribution in [2.24, 2.45) is 5.92 Å². The summed E-state index contributed by atoms with van der Waals surface area (Å²) in [6, 6.07) is 15.1. The van der Waals surface area contributed by atoms with E-state index in [1.165, 1.54) is 27.8 Å². The lowest BCUT2D eigenvalue weighted by Crippen LogP contribution is -2.12. The number of rotatable bonds is 8.